The van der Waals surface area contributed by atoms with Crippen LogP contribution in [0.2, 0.25) is 0 Å². The maximum atomic E-state index is 12.6. The van der Waals surface area contributed by atoms with Gasteiger partial charge in [0.2, 0.25) is 0 Å². The van der Waals surface area contributed by atoms with Crippen molar-refractivity contribution in [3.05, 3.63) is 75.6 Å². The molecule has 0 aliphatic rings. The third-order valence-electron chi connectivity index (χ3n) is 3.37. The highest BCUT2D eigenvalue weighted by Crippen LogP contribution is 2.29. The van der Waals surface area contributed by atoms with Gasteiger partial charge in [-0.05, 0) is 24.3 Å². The number of nitrogens with zero attached hydrogens (tertiary/aromatic N) is 1. The molecule has 3 N–H and O–H groups in total. The van der Waals surface area contributed by atoms with Crippen LogP contribution in [0.3, 0.4) is 0 Å². The molecule has 0 amide bonds. The second-order valence-electron chi connectivity index (χ2n) is 5.01. The van der Waals surface area contributed by atoms with Gasteiger partial charge in [-0.3, -0.25) is 10.4 Å². The molecule has 0 atom stereocenters. The van der Waals surface area contributed by atoms with Gasteiger partial charge in [-0.25, -0.2) is 9.79 Å². The zero-order valence-corrected chi connectivity index (χ0v) is 12.1. The fourth-order valence-electron chi connectivity index (χ4n) is 2.21. The molecule has 0 bridgehead atoms. The number of para-hydroxylation sites is 1. The number of halogens is 3. The van der Waals surface area contributed by atoms with Gasteiger partial charge in [0.05, 0.1) is 11.1 Å². The molecule has 0 saturated heterocycles. The molecule has 0 saturated carbocycles. The number of rotatable bonds is 1. The van der Waals surface area contributed by atoms with E-state index >= 15 is 0 Å². The molecule has 0 aliphatic heterocycles. The first-order chi connectivity index (χ1) is 11.3. The second-order valence-corrected chi connectivity index (χ2v) is 5.01. The van der Waals surface area contributed by atoms with Crippen LogP contribution in [0.25, 0.3) is 10.9 Å². The van der Waals surface area contributed by atoms with Gasteiger partial charge in [0.25, 0.3) is 0 Å². The Morgan fingerprint density at radius 1 is 1.00 bits per heavy atom. The van der Waals surface area contributed by atoms with Gasteiger partial charge in [-0.15, -0.1) is 0 Å². The van der Waals surface area contributed by atoms with E-state index in [1.165, 1.54) is 12.1 Å². The molecular weight excluding hydrogens is 321 g/mol. The van der Waals surface area contributed by atoms with Crippen molar-refractivity contribution >= 4 is 16.7 Å². The number of aromatic amines is 2. The molecule has 122 valence electrons. The van der Waals surface area contributed by atoms with Gasteiger partial charge < -0.3 is 4.98 Å². The van der Waals surface area contributed by atoms with Crippen molar-refractivity contribution in [2.75, 3.05) is 0 Å². The Labute approximate surface area is 133 Å². The van der Waals surface area contributed by atoms with E-state index in [0.29, 0.717) is 10.9 Å². The van der Waals surface area contributed by atoms with Crippen molar-refractivity contribution in [1.82, 2.24) is 9.97 Å². The molecule has 0 radical (unpaired) electrons. The smallest absolute Gasteiger partial charge is 0.307 e. The van der Waals surface area contributed by atoms with Gasteiger partial charge in [-0.2, -0.15) is 13.2 Å². The maximum absolute atomic E-state index is 12.6. The van der Waals surface area contributed by atoms with Crippen LogP contribution in [0.5, 0.6) is 0 Å². The number of benzene rings is 2. The summed E-state index contributed by atoms with van der Waals surface area (Å²) in [6.07, 6.45) is -4.44. The van der Waals surface area contributed by atoms with E-state index < -0.39 is 17.4 Å². The molecule has 1 aromatic heterocycles. The van der Waals surface area contributed by atoms with Gasteiger partial charge in [0, 0.05) is 10.9 Å². The number of aromatic nitrogens is 2. The van der Waals surface area contributed by atoms with Crippen molar-refractivity contribution in [3.63, 3.8) is 0 Å². The molecule has 0 aliphatic carbocycles. The van der Waals surface area contributed by atoms with Crippen molar-refractivity contribution < 1.29 is 13.2 Å². The molecule has 3 aromatic rings. The summed E-state index contributed by atoms with van der Waals surface area (Å²) in [5.41, 5.74) is -0.375. The van der Waals surface area contributed by atoms with E-state index in [2.05, 4.69) is 15.0 Å². The van der Waals surface area contributed by atoms with E-state index in [4.69, 9.17) is 5.41 Å². The minimum Gasteiger partial charge on any atom is -0.307 e. The monoisotopic (exact) mass is 332 g/mol. The fraction of sp³-hybridized carbons (Fsp3) is 0.0625. The van der Waals surface area contributed by atoms with Crippen molar-refractivity contribution in [3.8, 4) is 0 Å². The van der Waals surface area contributed by atoms with E-state index in [1.54, 1.807) is 24.3 Å². The molecule has 0 fully saturated rings. The SMILES string of the molecule is N=C(/N=c1\[nH]c(=O)[nH]c2ccccc12)c1ccc(C(F)(F)F)cc1. The molecule has 1 heterocycles. The summed E-state index contributed by atoms with van der Waals surface area (Å²) >= 11 is 0. The van der Waals surface area contributed by atoms with E-state index in [1.807, 2.05) is 0 Å². The Morgan fingerprint density at radius 3 is 2.33 bits per heavy atom. The van der Waals surface area contributed by atoms with Gasteiger partial charge in [0.1, 0.15) is 5.49 Å². The number of nitrogens with one attached hydrogen (secondary N) is 3. The number of amidine groups is 1. The van der Waals surface area contributed by atoms with E-state index in [9.17, 15) is 18.0 Å². The second kappa shape index (κ2) is 5.80. The van der Waals surface area contributed by atoms with Crippen LogP contribution in [0.4, 0.5) is 13.2 Å². The van der Waals surface area contributed by atoms with Gasteiger partial charge in [-0.1, -0.05) is 24.3 Å². The summed E-state index contributed by atoms with van der Waals surface area (Å²) in [5.74, 6) is -0.254. The standard InChI is InChI=1S/C16H11F3N4O/c17-16(18,19)10-7-5-9(6-8-10)13(20)22-14-11-3-1-2-4-12(11)21-15(24)23-14/h1-8H,(H3,20,21,22,23,24). The Kier molecular flexibility index (Phi) is 3.80. The van der Waals surface area contributed by atoms with Crippen LogP contribution in [-0.2, 0) is 6.18 Å². The van der Waals surface area contributed by atoms with Gasteiger partial charge >= 0.3 is 11.9 Å². The van der Waals surface area contributed by atoms with Crippen LogP contribution in [-0.4, -0.2) is 15.8 Å². The van der Waals surface area contributed by atoms with Gasteiger partial charge in [0.15, 0.2) is 5.84 Å². The molecule has 3 rings (SSSR count). The lowest BCUT2D eigenvalue weighted by Crippen LogP contribution is -2.24. The number of H-pyrrole nitrogens is 2. The lowest BCUT2D eigenvalue weighted by atomic mass is 10.1. The largest absolute Gasteiger partial charge is 0.416 e. The third kappa shape index (κ3) is 3.12. The first kappa shape index (κ1) is 15.7. The topological polar surface area (TPSA) is 84.9 Å². The highest BCUT2D eigenvalue weighted by atomic mass is 19.4. The van der Waals surface area contributed by atoms with Crippen molar-refractivity contribution in [1.29, 1.82) is 5.41 Å². The first-order valence-corrected chi connectivity index (χ1v) is 6.87. The number of fused-ring (bicyclic) bond motifs is 1. The number of alkyl halides is 3. The quantitative estimate of drug-likeness (QED) is 0.464. The summed E-state index contributed by atoms with van der Waals surface area (Å²) in [6, 6.07) is 11.0. The molecule has 24 heavy (non-hydrogen) atoms. The first-order valence-electron chi connectivity index (χ1n) is 6.87. The summed E-state index contributed by atoms with van der Waals surface area (Å²) < 4.78 is 37.7. The number of hydrogen-bond acceptors (Lipinski definition) is 2. The zero-order valence-electron chi connectivity index (χ0n) is 12.1. The molecule has 5 nitrogen and oxygen atoms in total. The summed E-state index contributed by atoms with van der Waals surface area (Å²) in [7, 11) is 0. The molecular formula is C16H11F3N4O. The fourth-order valence-corrected chi connectivity index (χ4v) is 2.21. The lowest BCUT2D eigenvalue weighted by Gasteiger charge is -2.06. The summed E-state index contributed by atoms with van der Waals surface area (Å²) in [4.78, 5) is 20.7. The van der Waals surface area contributed by atoms with Crippen LogP contribution in [0.1, 0.15) is 11.1 Å². The Morgan fingerprint density at radius 2 is 1.67 bits per heavy atom. The minimum absolute atomic E-state index is 0.166. The predicted molar refractivity (Wildman–Crippen MR) is 82.8 cm³/mol. The van der Waals surface area contributed by atoms with Crippen LogP contribution in [0, 0.1) is 5.41 Å². The summed E-state index contributed by atoms with van der Waals surface area (Å²) in [5, 5.41) is 8.55. The molecule has 2 aromatic carbocycles. The predicted octanol–water partition coefficient (Wildman–Crippen LogP) is 2.80. The highest BCUT2D eigenvalue weighted by molar-refractivity contribution is 5.97. The van der Waals surface area contributed by atoms with E-state index in [-0.39, 0.29) is 16.9 Å². The average molecular weight is 332 g/mol. The lowest BCUT2D eigenvalue weighted by molar-refractivity contribution is -0.137. The molecule has 0 spiro atoms. The Balaban J connectivity index is 2.06. The molecule has 8 heteroatoms. The summed E-state index contributed by atoms with van der Waals surface area (Å²) in [6.45, 7) is 0. The van der Waals surface area contributed by atoms with Crippen LogP contribution in [0.15, 0.2) is 58.3 Å². The Hall–Kier alpha value is -3.16. The third-order valence-corrected chi connectivity index (χ3v) is 3.37. The van der Waals surface area contributed by atoms with Crippen LogP contribution < -0.4 is 11.2 Å². The normalized spacial score (nSPS) is 12.5. The Bertz CT molecular complexity index is 1030. The van der Waals surface area contributed by atoms with E-state index in [0.717, 1.165) is 12.1 Å². The zero-order chi connectivity index (χ0) is 17.3. The van der Waals surface area contributed by atoms with Crippen LogP contribution >= 0.6 is 0 Å². The minimum atomic E-state index is -4.44. The average Bonchev–Trinajstić information content (AvgIpc) is 2.54. The highest BCUT2D eigenvalue weighted by Gasteiger charge is 2.30. The van der Waals surface area contributed by atoms with Crippen molar-refractivity contribution in [2.45, 2.75) is 6.18 Å². The van der Waals surface area contributed by atoms with Crippen molar-refractivity contribution in [2.24, 2.45) is 4.99 Å². The molecule has 0 unspecified atom stereocenters. The number of hydrogen-bond donors (Lipinski definition) is 3. The maximum Gasteiger partial charge on any atom is 0.416 e.